The highest BCUT2D eigenvalue weighted by Gasteiger charge is 2.21. The van der Waals surface area contributed by atoms with Crippen LogP contribution < -0.4 is 10.6 Å². The van der Waals surface area contributed by atoms with E-state index in [-0.39, 0.29) is 5.97 Å². The zero-order chi connectivity index (χ0) is 13.7. The van der Waals surface area contributed by atoms with Crippen molar-refractivity contribution < 1.29 is 9.53 Å². The highest BCUT2D eigenvalue weighted by Crippen LogP contribution is 2.22. The normalized spacial score (nSPS) is 16.4. The molecule has 0 saturated carbocycles. The second-order valence-corrected chi connectivity index (χ2v) is 4.63. The fourth-order valence-corrected chi connectivity index (χ4v) is 2.43. The van der Waals surface area contributed by atoms with E-state index in [4.69, 9.17) is 10.5 Å². The van der Waals surface area contributed by atoms with E-state index in [0.717, 1.165) is 38.4 Å². The van der Waals surface area contributed by atoms with Crippen molar-refractivity contribution in [1.29, 1.82) is 0 Å². The summed E-state index contributed by atoms with van der Waals surface area (Å²) in [5, 5.41) is 0. The Morgan fingerprint density at radius 2 is 1.95 bits per heavy atom. The number of carbonyl (C=O) groups excluding carboxylic acids is 1. The van der Waals surface area contributed by atoms with Crippen molar-refractivity contribution in [2.45, 2.75) is 0 Å². The monoisotopic (exact) mass is 263 g/mol. The van der Waals surface area contributed by atoms with Gasteiger partial charge >= 0.3 is 5.97 Å². The zero-order valence-electron chi connectivity index (χ0n) is 11.3. The number of nitrogens with zero attached hydrogens (tertiary/aromatic N) is 2. The number of piperazine rings is 1. The van der Waals surface area contributed by atoms with Crippen LogP contribution in [0, 0.1) is 0 Å². The van der Waals surface area contributed by atoms with Crippen molar-refractivity contribution >= 4 is 11.7 Å². The maximum absolute atomic E-state index is 11.8. The molecule has 1 aliphatic heterocycles. The van der Waals surface area contributed by atoms with Crippen molar-refractivity contribution in [2.24, 2.45) is 5.73 Å². The van der Waals surface area contributed by atoms with Crippen LogP contribution in [-0.4, -0.2) is 57.2 Å². The molecule has 0 bridgehead atoms. The van der Waals surface area contributed by atoms with Crippen LogP contribution in [0.3, 0.4) is 0 Å². The number of nitrogens with two attached hydrogens (primary N) is 1. The summed E-state index contributed by atoms with van der Waals surface area (Å²) in [5.41, 5.74) is 7.17. The third-order valence-electron chi connectivity index (χ3n) is 3.47. The lowest BCUT2D eigenvalue weighted by Gasteiger charge is -2.36. The molecule has 1 saturated heterocycles. The Morgan fingerprint density at radius 1 is 1.26 bits per heavy atom. The van der Waals surface area contributed by atoms with E-state index in [1.54, 1.807) is 0 Å². The van der Waals surface area contributed by atoms with Gasteiger partial charge in [0.15, 0.2) is 0 Å². The average Bonchev–Trinajstić information content (AvgIpc) is 2.47. The topological polar surface area (TPSA) is 58.8 Å². The number of anilines is 1. The lowest BCUT2D eigenvalue weighted by Crippen LogP contribution is -2.48. The van der Waals surface area contributed by atoms with Gasteiger partial charge in [0, 0.05) is 39.3 Å². The van der Waals surface area contributed by atoms with Crippen molar-refractivity contribution in [3.63, 3.8) is 0 Å². The molecular formula is C14H21N3O2. The number of para-hydroxylation sites is 1. The van der Waals surface area contributed by atoms with E-state index in [0.29, 0.717) is 12.1 Å². The number of hydrogen-bond acceptors (Lipinski definition) is 5. The van der Waals surface area contributed by atoms with Crippen LogP contribution in [0.1, 0.15) is 10.4 Å². The molecule has 5 heteroatoms. The molecule has 1 aromatic carbocycles. The van der Waals surface area contributed by atoms with Crippen LogP contribution in [0.5, 0.6) is 0 Å². The van der Waals surface area contributed by atoms with Gasteiger partial charge in [0.2, 0.25) is 0 Å². The molecule has 0 aliphatic carbocycles. The van der Waals surface area contributed by atoms with Crippen molar-refractivity contribution in [3.8, 4) is 0 Å². The van der Waals surface area contributed by atoms with Crippen LogP contribution in [0.25, 0.3) is 0 Å². The van der Waals surface area contributed by atoms with Gasteiger partial charge in [0.25, 0.3) is 0 Å². The number of methoxy groups -OCH3 is 1. The van der Waals surface area contributed by atoms with Gasteiger partial charge in [0.1, 0.15) is 0 Å². The summed E-state index contributed by atoms with van der Waals surface area (Å²) < 4.78 is 4.83. The van der Waals surface area contributed by atoms with E-state index in [2.05, 4.69) is 9.80 Å². The zero-order valence-corrected chi connectivity index (χ0v) is 11.3. The van der Waals surface area contributed by atoms with Crippen molar-refractivity contribution in [1.82, 2.24) is 4.90 Å². The van der Waals surface area contributed by atoms with Crippen LogP contribution >= 0.6 is 0 Å². The molecule has 5 nitrogen and oxygen atoms in total. The average molecular weight is 263 g/mol. The van der Waals surface area contributed by atoms with Gasteiger partial charge < -0.3 is 15.4 Å². The fraction of sp³-hybridized carbons (Fsp3) is 0.500. The minimum atomic E-state index is -0.278. The molecule has 19 heavy (non-hydrogen) atoms. The molecule has 1 fully saturated rings. The number of benzene rings is 1. The molecule has 0 spiro atoms. The van der Waals surface area contributed by atoms with Crippen LogP contribution in [0.4, 0.5) is 5.69 Å². The van der Waals surface area contributed by atoms with Crippen LogP contribution in [0.2, 0.25) is 0 Å². The summed E-state index contributed by atoms with van der Waals surface area (Å²) in [6, 6.07) is 7.60. The highest BCUT2D eigenvalue weighted by atomic mass is 16.5. The molecule has 0 aromatic heterocycles. The fourth-order valence-electron chi connectivity index (χ4n) is 2.43. The first-order valence-corrected chi connectivity index (χ1v) is 6.61. The minimum absolute atomic E-state index is 0.278. The Kier molecular flexibility index (Phi) is 4.76. The Labute approximate surface area is 113 Å². The second-order valence-electron chi connectivity index (χ2n) is 4.63. The summed E-state index contributed by atoms with van der Waals surface area (Å²) in [6.45, 7) is 5.41. The summed E-state index contributed by atoms with van der Waals surface area (Å²) in [5.74, 6) is -0.278. The summed E-state index contributed by atoms with van der Waals surface area (Å²) in [6.07, 6.45) is 0. The Morgan fingerprint density at radius 3 is 2.58 bits per heavy atom. The van der Waals surface area contributed by atoms with E-state index >= 15 is 0 Å². The first-order valence-electron chi connectivity index (χ1n) is 6.61. The molecule has 2 rings (SSSR count). The molecule has 0 unspecified atom stereocenters. The number of ether oxygens (including phenoxy) is 1. The molecular weight excluding hydrogens is 242 g/mol. The number of hydrogen-bond donors (Lipinski definition) is 1. The number of esters is 1. The quantitative estimate of drug-likeness (QED) is 0.804. The molecule has 1 aromatic rings. The van der Waals surface area contributed by atoms with Gasteiger partial charge in [0.05, 0.1) is 18.4 Å². The third kappa shape index (κ3) is 3.24. The first-order chi connectivity index (χ1) is 9.26. The van der Waals surface area contributed by atoms with E-state index in [1.165, 1.54) is 7.11 Å². The van der Waals surface area contributed by atoms with Crippen LogP contribution in [0.15, 0.2) is 24.3 Å². The van der Waals surface area contributed by atoms with Crippen molar-refractivity contribution in [2.75, 3.05) is 51.3 Å². The Hall–Kier alpha value is -1.59. The summed E-state index contributed by atoms with van der Waals surface area (Å²) >= 11 is 0. The molecule has 104 valence electrons. The molecule has 0 amide bonds. The summed E-state index contributed by atoms with van der Waals surface area (Å²) in [7, 11) is 1.41. The number of carbonyl (C=O) groups is 1. The Bertz CT molecular complexity index is 428. The molecule has 2 N–H and O–H groups in total. The van der Waals surface area contributed by atoms with Gasteiger partial charge in [-0.15, -0.1) is 0 Å². The van der Waals surface area contributed by atoms with E-state index < -0.39 is 0 Å². The van der Waals surface area contributed by atoms with Crippen LogP contribution in [-0.2, 0) is 4.74 Å². The maximum atomic E-state index is 11.8. The van der Waals surface area contributed by atoms with Gasteiger partial charge in [-0.3, -0.25) is 4.90 Å². The van der Waals surface area contributed by atoms with Crippen molar-refractivity contribution in [3.05, 3.63) is 29.8 Å². The second kappa shape index (κ2) is 6.54. The molecule has 0 radical (unpaired) electrons. The molecule has 1 heterocycles. The van der Waals surface area contributed by atoms with Gasteiger partial charge in [-0.05, 0) is 12.1 Å². The van der Waals surface area contributed by atoms with E-state index in [9.17, 15) is 4.79 Å². The largest absolute Gasteiger partial charge is 0.465 e. The maximum Gasteiger partial charge on any atom is 0.339 e. The smallest absolute Gasteiger partial charge is 0.339 e. The lowest BCUT2D eigenvalue weighted by molar-refractivity contribution is 0.0601. The lowest BCUT2D eigenvalue weighted by atomic mass is 10.1. The standard InChI is InChI=1S/C14H21N3O2/c1-19-14(18)12-4-2-3-5-13(12)17-10-8-16(7-6-15)9-11-17/h2-5H,6-11,15H2,1H3. The SMILES string of the molecule is COC(=O)c1ccccc1N1CCN(CCN)CC1. The summed E-state index contributed by atoms with van der Waals surface area (Å²) in [4.78, 5) is 16.3. The Balaban J connectivity index is 2.09. The first kappa shape index (κ1) is 13.8. The van der Waals surface area contributed by atoms with Gasteiger partial charge in [-0.2, -0.15) is 0 Å². The van der Waals surface area contributed by atoms with Gasteiger partial charge in [-0.1, -0.05) is 12.1 Å². The number of rotatable bonds is 4. The van der Waals surface area contributed by atoms with E-state index in [1.807, 2.05) is 24.3 Å². The minimum Gasteiger partial charge on any atom is -0.465 e. The van der Waals surface area contributed by atoms with Gasteiger partial charge in [-0.25, -0.2) is 4.79 Å². The third-order valence-corrected chi connectivity index (χ3v) is 3.47. The predicted octanol–water partition coefficient (Wildman–Crippen LogP) is 0.554. The molecule has 0 atom stereocenters. The predicted molar refractivity (Wildman–Crippen MR) is 75.5 cm³/mol. The highest BCUT2D eigenvalue weighted by molar-refractivity contribution is 5.95. The molecule has 1 aliphatic rings.